The molecule has 0 rings (SSSR count). The summed E-state index contributed by atoms with van der Waals surface area (Å²) in [6.45, 7) is 8.01. The number of rotatable bonds is 6. The number of carbonyl (C=O) groups excluding carboxylic acids is 3. The van der Waals surface area contributed by atoms with Gasteiger partial charge in [-0.25, -0.2) is 4.79 Å². The highest BCUT2D eigenvalue weighted by atomic mass is 16.5. The van der Waals surface area contributed by atoms with Crippen LogP contribution in [-0.2, 0) is 19.1 Å². The highest BCUT2D eigenvalue weighted by Gasteiger charge is 2.32. The molecule has 0 heterocycles. The van der Waals surface area contributed by atoms with Gasteiger partial charge >= 0.3 is 5.97 Å². The summed E-state index contributed by atoms with van der Waals surface area (Å²) in [5, 5.41) is 4.98. The van der Waals surface area contributed by atoms with Gasteiger partial charge in [0.2, 0.25) is 11.8 Å². The normalized spacial score (nSPS) is 14.2. The van der Waals surface area contributed by atoms with E-state index in [1.807, 2.05) is 0 Å². The summed E-state index contributed by atoms with van der Waals surface area (Å²) >= 11 is 0. The van der Waals surface area contributed by atoms with Crippen molar-refractivity contribution >= 4 is 17.8 Å². The molecule has 0 aromatic rings. The minimum Gasteiger partial charge on any atom is -0.464 e. The first kappa shape index (κ1) is 17.4. The molecular weight excluding hydrogens is 250 g/mol. The van der Waals surface area contributed by atoms with Gasteiger partial charge in [-0.05, 0) is 34.6 Å². The van der Waals surface area contributed by atoms with E-state index in [9.17, 15) is 14.4 Å². The molecule has 2 atom stereocenters. The highest BCUT2D eigenvalue weighted by molar-refractivity contribution is 5.94. The number of ether oxygens (including phenoxy) is 1. The predicted octanol–water partition coefficient (Wildman–Crippen LogP) is -0.704. The van der Waals surface area contributed by atoms with Crippen LogP contribution in [0.2, 0.25) is 0 Å². The van der Waals surface area contributed by atoms with E-state index in [4.69, 9.17) is 10.5 Å². The first-order valence-corrected chi connectivity index (χ1v) is 6.17. The van der Waals surface area contributed by atoms with Crippen molar-refractivity contribution in [2.45, 2.75) is 52.2 Å². The molecule has 110 valence electrons. The molecule has 0 aliphatic carbocycles. The Bertz CT molecular complexity index is 353. The van der Waals surface area contributed by atoms with Crippen molar-refractivity contribution in [1.29, 1.82) is 0 Å². The summed E-state index contributed by atoms with van der Waals surface area (Å²) in [6.07, 6.45) is 0. The number of nitrogens with two attached hydrogens (primary N) is 1. The monoisotopic (exact) mass is 273 g/mol. The Hall–Kier alpha value is -1.63. The molecule has 4 N–H and O–H groups in total. The lowest BCUT2D eigenvalue weighted by atomic mass is 10.0. The summed E-state index contributed by atoms with van der Waals surface area (Å²) in [5.74, 6) is -1.45. The van der Waals surface area contributed by atoms with Crippen LogP contribution in [0.1, 0.15) is 34.6 Å². The third kappa shape index (κ3) is 5.69. The zero-order chi connectivity index (χ0) is 15.2. The average molecular weight is 273 g/mol. The van der Waals surface area contributed by atoms with E-state index in [0.29, 0.717) is 0 Å². The average Bonchev–Trinajstić information content (AvgIpc) is 2.28. The van der Waals surface area contributed by atoms with Crippen LogP contribution in [-0.4, -0.2) is 42.0 Å². The van der Waals surface area contributed by atoms with E-state index in [0.717, 1.165) is 0 Å². The van der Waals surface area contributed by atoms with Crippen LogP contribution < -0.4 is 16.4 Å². The number of hydrogen-bond acceptors (Lipinski definition) is 5. The Kier molecular flexibility index (Phi) is 6.47. The predicted molar refractivity (Wildman–Crippen MR) is 70.1 cm³/mol. The molecule has 0 aromatic carbocycles. The van der Waals surface area contributed by atoms with Crippen molar-refractivity contribution in [2.75, 3.05) is 6.61 Å². The molecule has 0 unspecified atom stereocenters. The second kappa shape index (κ2) is 7.08. The Morgan fingerprint density at radius 2 is 1.79 bits per heavy atom. The lowest BCUT2D eigenvalue weighted by molar-refractivity contribution is -0.147. The molecule has 0 saturated heterocycles. The standard InChI is InChI=1S/C12H23N3O4/c1-6-19-10(17)8(3)14-11(18)12(4,5)15-9(16)7(2)13/h7-8H,6,13H2,1-5H3,(H,14,18)(H,15,16)/t7-,8-/m0/s1. The van der Waals surface area contributed by atoms with Gasteiger partial charge in [-0.2, -0.15) is 0 Å². The van der Waals surface area contributed by atoms with Crippen LogP contribution in [0.5, 0.6) is 0 Å². The fourth-order valence-corrected chi connectivity index (χ4v) is 1.18. The molecule has 0 radical (unpaired) electrons. The van der Waals surface area contributed by atoms with Gasteiger partial charge in [-0.15, -0.1) is 0 Å². The molecule has 0 saturated carbocycles. The Morgan fingerprint density at radius 1 is 1.26 bits per heavy atom. The van der Waals surface area contributed by atoms with E-state index in [1.54, 1.807) is 6.92 Å². The molecule has 7 nitrogen and oxygen atoms in total. The van der Waals surface area contributed by atoms with Gasteiger partial charge in [0.05, 0.1) is 12.6 Å². The van der Waals surface area contributed by atoms with Gasteiger partial charge in [0.1, 0.15) is 11.6 Å². The van der Waals surface area contributed by atoms with Crippen LogP contribution in [0.4, 0.5) is 0 Å². The maximum atomic E-state index is 12.0. The van der Waals surface area contributed by atoms with E-state index >= 15 is 0 Å². The molecule has 0 aromatic heterocycles. The third-order valence-electron chi connectivity index (χ3n) is 2.40. The Balaban J connectivity index is 4.55. The van der Waals surface area contributed by atoms with Gasteiger partial charge in [-0.1, -0.05) is 0 Å². The van der Waals surface area contributed by atoms with E-state index < -0.39 is 35.4 Å². The lowest BCUT2D eigenvalue weighted by Gasteiger charge is -2.27. The largest absolute Gasteiger partial charge is 0.464 e. The fourth-order valence-electron chi connectivity index (χ4n) is 1.18. The zero-order valence-corrected chi connectivity index (χ0v) is 12.1. The van der Waals surface area contributed by atoms with Crippen molar-refractivity contribution in [3.63, 3.8) is 0 Å². The van der Waals surface area contributed by atoms with E-state index in [2.05, 4.69) is 10.6 Å². The molecule has 0 spiro atoms. The number of nitrogens with one attached hydrogen (secondary N) is 2. The minimum atomic E-state index is -1.16. The van der Waals surface area contributed by atoms with Gasteiger partial charge < -0.3 is 21.1 Å². The van der Waals surface area contributed by atoms with Crippen LogP contribution in [0.3, 0.4) is 0 Å². The zero-order valence-electron chi connectivity index (χ0n) is 12.1. The summed E-state index contributed by atoms with van der Waals surface area (Å²) in [4.78, 5) is 34.8. The van der Waals surface area contributed by atoms with Crippen LogP contribution in [0.15, 0.2) is 0 Å². The van der Waals surface area contributed by atoms with Gasteiger partial charge in [0.15, 0.2) is 0 Å². The summed E-state index contributed by atoms with van der Waals surface area (Å²) in [5.41, 5.74) is 4.25. The van der Waals surface area contributed by atoms with Crippen molar-refractivity contribution < 1.29 is 19.1 Å². The third-order valence-corrected chi connectivity index (χ3v) is 2.40. The maximum Gasteiger partial charge on any atom is 0.328 e. The minimum absolute atomic E-state index is 0.240. The summed E-state index contributed by atoms with van der Waals surface area (Å²) in [7, 11) is 0. The number of hydrogen-bond donors (Lipinski definition) is 3. The fraction of sp³-hybridized carbons (Fsp3) is 0.750. The highest BCUT2D eigenvalue weighted by Crippen LogP contribution is 2.04. The first-order chi connectivity index (χ1) is 8.61. The molecule has 0 aliphatic rings. The SMILES string of the molecule is CCOC(=O)[C@H](C)NC(=O)C(C)(C)NC(=O)[C@H](C)N. The smallest absolute Gasteiger partial charge is 0.328 e. The van der Waals surface area contributed by atoms with Crippen molar-refractivity contribution in [2.24, 2.45) is 5.73 Å². The van der Waals surface area contributed by atoms with Gasteiger partial charge in [0.25, 0.3) is 0 Å². The van der Waals surface area contributed by atoms with Crippen molar-refractivity contribution in [3.8, 4) is 0 Å². The first-order valence-electron chi connectivity index (χ1n) is 6.17. The molecule has 2 amide bonds. The Labute approximate surface area is 113 Å². The summed E-state index contributed by atoms with van der Waals surface area (Å²) in [6, 6.07) is -1.49. The van der Waals surface area contributed by atoms with Crippen molar-refractivity contribution in [3.05, 3.63) is 0 Å². The second-order valence-electron chi connectivity index (χ2n) is 4.85. The molecule has 7 heteroatoms. The van der Waals surface area contributed by atoms with Gasteiger partial charge in [0, 0.05) is 0 Å². The lowest BCUT2D eigenvalue weighted by Crippen LogP contribution is -2.59. The Morgan fingerprint density at radius 3 is 2.21 bits per heavy atom. The quantitative estimate of drug-likeness (QED) is 0.554. The maximum absolute atomic E-state index is 12.0. The molecule has 19 heavy (non-hydrogen) atoms. The molecular formula is C12H23N3O4. The van der Waals surface area contributed by atoms with Crippen LogP contribution >= 0.6 is 0 Å². The van der Waals surface area contributed by atoms with E-state index in [-0.39, 0.29) is 6.61 Å². The van der Waals surface area contributed by atoms with Crippen LogP contribution in [0, 0.1) is 0 Å². The number of carbonyl (C=O) groups is 3. The van der Waals surface area contributed by atoms with E-state index in [1.165, 1.54) is 27.7 Å². The molecule has 0 fully saturated rings. The molecule has 0 aliphatic heterocycles. The topological polar surface area (TPSA) is 111 Å². The number of amides is 2. The van der Waals surface area contributed by atoms with Gasteiger partial charge in [-0.3, -0.25) is 9.59 Å². The molecule has 0 bridgehead atoms. The number of esters is 1. The second-order valence-corrected chi connectivity index (χ2v) is 4.85. The van der Waals surface area contributed by atoms with Crippen LogP contribution in [0.25, 0.3) is 0 Å². The van der Waals surface area contributed by atoms with Crippen molar-refractivity contribution in [1.82, 2.24) is 10.6 Å². The summed E-state index contributed by atoms with van der Waals surface area (Å²) < 4.78 is 4.78.